The van der Waals surface area contributed by atoms with Crippen molar-refractivity contribution < 1.29 is 4.79 Å². The number of hydrogen-bond acceptors (Lipinski definition) is 1. The molecule has 0 aromatic carbocycles. The lowest BCUT2D eigenvalue weighted by Crippen LogP contribution is -2.39. The molecule has 26 heavy (non-hydrogen) atoms. The van der Waals surface area contributed by atoms with Crippen LogP contribution in [0.2, 0.25) is 0 Å². The molecular weight excluding hydrogens is 320 g/mol. The molecule has 0 saturated carbocycles. The fourth-order valence-corrected chi connectivity index (χ4v) is 3.30. The van der Waals surface area contributed by atoms with Crippen molar-refractivity contribution >= 4 is 5.91 Å². The Hall–Kier alpha value is -0.570. The van der Waals surface area contributed by atoms with Crippen molar-refractivity contribution in [2.24, 2.45) is 5.92 Å². The molecule has 0 saturated heterocycles. The van der Waals surface area contributed by atoms with Gasteiger partial charge in [-0.1, -0.05) is 117 Å². The lowest BCUT2D eigenvalue weighted by molar-refractivity contribution is -0.123. The van der Waals surface area contributed by atoms with Crippen LogP contribution in [0, 0.1) is 5.92 Å². The molecule has 0 bridgehead atoms. The maximum absolute atomic E-state index is 11.6. The van der Waals surface area contributed by atoms with Gasteiger partial charge in [0.05, 0.1) is 0 Å². The molecular formula is C23H47N2O. The van der Waals surface area contributed by atoms with Crippen molar-refractivity contribution in [1.29, 1.82) is 0 Å². The molecule has 0 aliphatic heterocycles. The van der Waals surface area contributed by atoms with E-state index in [1.165, 1.54) is 96.3 Å². The summed E-state index contributed by atoms with van der Waals surface area (Å²) in [6.45, 7) is 6.86. The van der Waals surface area contributed by atoms with Crippen LogP contribution < -0.4 is 11.1 Å². The zero-order chi connectivity index (χ0) is 19.5. The van der Waals surface area contributed by atoms with Crippen LogP contribution in [0.1, 0.15) is 124 Å². The summed E-state index contributed by atoms with van der Waals surface area (Å²) in [6, 6.07) is -0.615. The molecule has 0 aromatic heterocycles. The number of rotatable bonds is 19. The van der Waals surface area contributed by atoms with Gasteiger partial charge in [-0.2, -0.15) is 0 Å². The third-order valence-electron chi connectivity index (χ3n) is 5.28. The molecule has 0 heterocycles. The molecule has 1 amide bonds. The second-order valence-electron chi connectivity index (χ2n) is 8.32. The molecule has 2 N–H and O–H groups in total. The summed E-state index contributed by atoms with van der Waals surface area (Å²) in [7, 11) is 0. The van der Waals surface area contributed by atoms with Crippen molar-refractivity contribution in [2.45, 2.75) is 130 Å². The predicted octanol–water partition coefficient (Wildman–Crippen LogP) is 6.67. The van der Waals surface area contributed by atoms with E-state index in [1.54, 1.807) is 0 Å². The zero-order valence-electron chi connectivity index (χ0n) is 18.1. The summed E-state index contributed by atoms with van der Waals surface area (Å²) in [5.74, 6) is -0.0123. The van der Waals surface area contributed by atoms with Gasteiger partial charge in [-0.25, -0.2) is 5.73 Å². The van der Waals surface area contributed by atoms with E-state index in [1.807, 2.05) is 13.8 Å². The Bertz CT molecular complexity index is 305. The van der Waals surface area contributed by atoms with Gasteiger partial charge in [-0.3, -0.25) is 4.79 Å². The highest BCUT2D eigenvalue weighted by Crippen LogP contribution is 2.13. The molecule has 3 heteroatoms. The average Bonchev–Trinajstić information content (AvgIpc) is 2.63. The molecule has 0 spiro atoms. The smallest absolute Gasteiger partial charge is 0.238 e. The van der Waals surface area contributed by atoms with Crippen molar-refractivity contribution in [3.8, 4) is 0 Å². The number of nitrogens with one attached hydrogen (secondary N) is 2. The van der Waals surface area contributed by atoms with E-state index >= 15 is 0 Å². The van der Waals surface area contributed by atoms with Crippen LogP contribution in [0.5, 0.6) is 0 Å². The summed E-state index contributed by atoms with van der Waals surface area (Å²) in [5, 5.41) is 2.89. The lowest BCUT2D eigenvalue weighted by atomic mass is 10.0. The second kappa shape index (κ2) is 19.2. The van der Waals surface area contributed by atoms with Crippen LogP contribution in [0.15, 0.2) is 0 Å². The molecule has 1 radical (unpaired) electrons. The Morgan fingerprint density at radius 1 is 0.692 bits per heavy atom. The maximum Gasteiger partial charge on any atom is 0.238 e. The Labute approximate surface area is 164 Å². The normalized spacial score (nSPS) is 12.5. The number of carbonyl (C=O) groups excluding carboxylic acids is 1. The van der Waals surface area contributed by atoms with Gasteiger partial charge in [-0.05, 0) is 12.3 Å². The molecule has 0 aliphatic rings. The molecule has 155 valence electrons. The quantitative estimate of drug-likeness (QED) is 0.255. The summed E-state index contributed by atoms with van der Waals surface area (Å²) in [6.07, 6.45) is 21.8. The number of carbonyl (C=O) groups is 1. The third kappa shape index (κ3) is 16.9. The number of hydrogen-bond donors (Lipinski definition) is 1. The summed E-state index contributed by atoms with van der Waals surface area (Å²) in [4.78, 5) is 11.6. The van der Waals surface area contributed by atoms with Crippen LogP contribution in [0.3, 0.4) is 0 Å². The minimum Gasteiger partial charge on any atom is -0.355 e. The minimum absolute atomic E-state index is 0.0980. The Morgan fingerprint density at radius 3 is 1.38 bits per heavy atom. The van der Waals surface area contributed by atoms with Gasteiger partial charge in [0.15, 0.2) is 0 Å². The largest absolute Gasteiger partial charge is 0.355 e. The summed E-state index contributed by atoms with van der Waals surface area (Å²) in [5.41, 5.74) is 7.72. The van der Waals surface area contributed by atoms with Crippen LogP contribution in [0.25, 0.3) is 0 Å². The summed E-state index contributed by atoms with van der Waals surface area (Å²) >= 11 is 0. The fraction of sp³-hybridized carbons (Fsp3) is 0.957. The highest BCUT2D eigenvalue weighted by atomic mass is 16.2. The van der Waals surface area contributed by atoms with Gasteiger partial charge in [0.1, 0.15) is 6.04 Å². The molecule has 0 aromatic rings. The maximum atomic E-state index is 11.6. The van der Waals surface area contributed by atoms with Crippen LogP contribution in [-0.2, 0) is 4.79 Å². The van der Waals surface area contributed by atoms with Gasteiger partial charge in [0, 0.05) is 6.54 Å². The van der Waals surface area contributed by atoms with E-state index < -0.39 is 6.04 Å². The first-order chi connectivity index (χ1) is 12.6. The van der Waals surface area contributed by atoms with Gasteiger partial charge in [0.2, 0.25) is 5.91 Å². The Balaban J connectivity index is 3.15. The number of amides is 1. The molecule has 0 rings (SSSR count). The van der Waals surface area contributed by atoms with Crippen molar-refractivity contribution in [1.82, 2.24) is 11.1 Å². The standard InChI is InChI=1S/C23H47N2O/c1-4-5-6-7-8-9-10-11-12-13-14-15-16-17-18-19-20-25-23(26)22(24)21(2)3/h21-22,24H,4-20H2,1-3H3,(H,25,26). The first kappa shape index (κ1) is 25.4. The third-order valence-corrected chi connectivity index (χ3v) is 5.28. The fourth-order valence-electron chi connectivity index (χ4n) is 3.30. The highest BCUT2D eigenvalue weighted by Gasteiger charge is 2.16. The van der Waals surface area contributed by atoms with Gasteiger partial charge in [-0.15, -0.1) is 0 Å². The van der Waals surface area contributed by atoms with E-state index in [4.69, 9.17) is 5.73 Å². The van der Waals surface area contributed by atoms with E-state index in [0.29, 0.717) is 0 Å². The van der Waals surface area contributed by atoms with Crippen LogP contribution in [0.4, 0.5) is 0 Å². The first-order valence-electron chi connectivity index (χ1n) is 11.6. The topological polar surface area (TPSA) is 52.9 Å². The molecule has 1 unspecified atom stereocenters. The van der Waals surface area contributed by atoms with E-state index in [2.05, 4.69) is 12.2 Å². The SMILES string of the molecule is CCCCCCCCCCCCCCCCCCNC(=O)C([NH])C(C)C. The van der Waals surface area contributed by atoms with Crippen molar-refractivity contribution in [3.05, 3.63) is 0 Å². The lowest BCUT2D eigenvalue weighted by Gasteiger charge is -2.14. The molecule has 1 atom stereocenters. The monoisotopic (exact) mass is 367 g/mol. The first-order valence-corrected chi connectivity index (χ1v) is 11.6. The molecule has 3 nitrogen and oxygen atoms in total. The second-order valence-corrected chi connectivity index (χ2v) is 8.32. The number of unbranched alkanes of at least 4 members (excludes halogenated alkanes) is 15. The highest BCUT2D eigenvalue weighted by molar-refractivity contribution is 5.81. The van der Waals surface area contributed by atoms with Gasteiger partial charge in [0.25, 0.3) is 0 Å². The van der Waals surface area contributed by atoms with Gasteiger partial charge >= 0.3 is 0 Å². The summed E-state index contributed by atoms with van der Waals surface area (Å²) < 4.78 is 0. The van der Waals surface area contributed by atoms with E-state index in [0.717, 1.165) is 13.0 Å². The Kier molecular flexibility index (Phi) is 18.8. The minimum atomic E-state index is -0.615. The van der Waals surface area contributed by atoms with Crippen molar-refractivity contribution in [2.75, 3.05) is 6.54 Å². The Morgan fingerprint density at radius 2 is 1.04 bits per heavy atom. The zero-order valence-corrected chi connectivity index (χ0v) is 18.1. The van der Waals surface area contributed by atoms with Crippen LogP contribution in [-0.4, -0.2) is 18.5 Å². The van der Waals surface area contributed by atoms with E-state index in [-0.39, 0.29) is 11.8 Å². The van der Waals surface area contributed by atoms with Gasteiger partial charge < -0.3 is 5.32 Å². The predicted molar refractivity (Wildman–Crippen MR) is 114 cm³/mol. The van der Waals surface area contributed by atoms with Crippen molar-refractivity contribution in [3.63, 3.8) is 0 Å². The van der Waals surface area contributed by atoms with Crippen LogP contribution >= 0.6 is 0 Å². The average molecular weight is 368 g/mol. The van der Waals surface area contributed by atoms with E-state index in [9.17, 15) is 4.79 Å². The molecule has 0 aliphatic carbocycles. The molecule has 0 fully saturated rings.